The maximum atomic E-state index is 11.5. The average Bonchev–Trinajstić information content (AvgIpc) is 2.05. The second kappa shape index (κ2) is 3.73. The summed E-state index contributed by atoms with van der Waals surface area (Å²) in [5.74, 6) is 0. The lowest BCUT2D eigenvalue weighted by atomic mass is 10.4. The Balaban J connectivity index is 3.12. The molecule has 0 aromatic heterocycles. The summed E-state index contributed by atoms with van der Waals surface area (Å²) in [5, 5.41) is 0.513. The fraction of sp³-hybridized carbons (Fsp3) is 0.250. The summed E-state index contributed by atoms with van der Waals surface area (Å²) in [6.45, 7) is 1.71. The lowest BCUT2D eigenvalue weighted by molar-refractivity contribution is 0.491. The van der Waals surface area contributed by atoms with Crippen molar-refractivity contribution in [2.24, 2.45) is 0 Å². The Bertz CT molecular complexity index is 325. The van der Waals surface area contributed by atoms with Crippen LogP contribution in [0.15, 0.2) is 28.7 Å². The molecule has 0 aliphatic carbocycles. The highest BCUT2D eigenvalue weighted by molar-refractivity contribution is 9.10. The number of rotatable bonds is 2. The van der Waals surface area contributed by atoms with Crippen molar-refractivity contribution < 1.29 is 9.46 Å². The first-order valence-corrected chi connectivity index (χ1v) is 6.28. The maximum absolute atomic E-state index is 11.5. The van der Waals surface area contributed by atoms with Crippen LogP contribution >= 0.6 is 23.3 Å². The Morgan fingerprint density at radius 3 is 2.75 bits per heavy atom. The quantitative estimate of drug-likeness (QED) is 0.817. The largest absolute Gasteiger partial charge is 0.341 e. The number of hydrogen-bond donors (Lipinski definition) is 1. The van der Waals surface area contributed by atoms with Gasteiger partial charge in [0.15, 0.2) is 0 Å². The summed E-state index contributed by atoms with van der Waals surface area (Å²) in [6, 6.07) is 6.95. The summed E-state index contributed by atoms with van der Waals surface area (Å²) < 4.78 is 12.3. The first kappa shape index (κ1) is 9.97. The Labute approximate surface area is 80.2 Å². The zero-order chi connectivity index (χ0) is 9.19. The Hall–Kier alpha value is -0.110. The second-order valence-corrected chi connectivity index (χ2v) is 5.97. The van der Waals surface area contributed by atoms with Gasteiger partial charge in [-0.15, -0.1) is 0 Å². The molecule has 0 fully saturated rings. The first-order chi connectivity index (χ1) is 5.56. The van der Waals surface area contributed by atoms with Crippen LogP contribution in [0.3, 0.4) is 0 Å². The van der Waals surface area contributed by atoms with Gasteiger partial charge in [0.25, 0.3) is 0 Å². The third-order valence-corrected chi connectivity index (χ3v) is 4.08. The molecule has 12 heavy (non-hydrogen) atoms. The summed E-state index contributed by atoms with van der Waals surface area (Å²) in [4.78, 5) is 9.45. The van der Waals surface area contributed by atoms with Gasteiger partial charge in [-0.3, -0.25) is 4.57 Å². The molecule has 0 aliphatic heterocycles. The summed E-state index contributed by atoms with van der Waals surface area (Å²) in [6.07, 6.45) is 0.281. The van der Waals surface area contributed by atoms with Crippen molar-refractivity contribution in [3.8, 4) is 0 Å². The molecule has 0 spiro atoms. The number of halogens is 1. The van der Waals surface area contributed by atoms with E-state index in [0.29, 0.717) is 5.30 Å². The minimum Gasteiger partial charge on any atom is -0.341 e. The highest BCUT2D eigenvalue weighted by atomic mass is 79.9. The van der Waals surface area contributed by atoms with Crippen LogP contribution in [0.1, 0.15) is 6.92 Å². The molecule has 1 aromatic rings. The van der Waals surface area contributed by atoms with Crippen LogP contribution in [0.25, 0.3) is 0 Å². The van der Waals surface area contributed by atoms with Crippen LogP contribution in [0, 0.1) is 0 Å². The van der Waals surface area contributed by atoms with Crippen LogP contribution in [0.5, 0.6) is 0 Å². The molecule has 0 radical (unpaired) electrons. The van der Waals surface area contributed by atoms with Crippen molar-refractivity contribution in [1.29, 1.82) is 0 Å². The predicted octanol–water partition coefficient (Wildman–Crippen LogP) is 2.36. The highest BCUT2D eigenvalue weighted by Gasteiger charge is 2.17. The van der Waals surface area contributed by atoms with E-state index in [9.17, 15) is 9.46 Å². The molecule has 0 aliphatic rings. The van der Waals surface area contributed by atoms with Crippen LogP contribution < -0.4 is 5.30 Å². The zero-order valence-corrected chi connectivity index (χ0v) is 9.18. The third kappa shape index (κ3) is 2.19. The molecule has 0 heterocycles. The van der Waals surface area contributed by atoms with Gasteiger partial charge < -0.3 is 4.89 Å². The average molecular weight is 249 g/mol. The zero-order valence-electron chi connectivity index (χ0n) is 6.70. The van der Waals surface area contributed by atoms with E-state index in [2.05, 4.69) is 15.9 Å². The van der Waals surface area contributed by atoms with Crippen molar-refractivity contribution in [3.63, 3.8) is 0 Å². The standard InChI is InChI=1S/C8H10BrO2P/c1-2-12(10,11)8-5-3-4-7(9)6-8/h3-6H,2H2,1H3,(H,10,11). The molecule has 1 unspecified atom stereocenters. The Morgan fingerprint density at radius 1 is 1.58 bits per heavy atom. The summed E-state index contributed by atoms with van der Waals surface area (Å²) in [7, 11) is -3.08. The first-order valence-electron chi connectivity index (χ1n) is 3.64. The molecule has 1 aromatic carbocycles. The van der Waals surface area contributed by atoms with Gasteiger partial charge in [-0.1, -0.05) is 28.9 Å². The van der Waals surface area contributed by atoms with Crippen LogP contribution in [0.4, 0.5) is 0 Å². The molecular formula is C8H10BrO2P. The molecule has 0 amide bonds. The topological polar surface area (TPSA) is 37.3 Å². The molecule has 1 N–H and O–H groups in total. The summed E-state index contributed by atoms with van der Waals surface area (Å²) >= 11 is 3.25. The van der Waals surface area contributed by atoms with Gasteiger partial charge in [-0.05, 0) is 18.2 Å². The van der Waals surface area contributed by atoms with Crippen LogP contribution in [0.2, 0.25) is 0 Å². The smallest absolute Gasteiger partial charge is 0.229 e. The van der Waals surface area contributed by atoms with E-state index in [-0.39, 0.29) is 6.16 Å². The van der Waals surface area contributed by atoms with E-state index < -0.39 is 7.37 Å². The molecule has 2 nitrogen and oxygen atoms in total. The molecule has 66 valence electrons. The SMILES string of the molecule is CCP(=O)(O)c1cccc(Br)c1. The number of hydrogen-bond acceptors (Lipinski definition) is 1. The Morgan fingerprint density at radius 2 is 2.25 bits per heavy atom. The van der Waals surface area contributed by atoms with Gasteiger partial charge in [0, 0.05) is 15.9 Å². The van der Waals surface area contributed by atoms with Gasteiger partial charge in [0.05, 0.1) is 0 Å². The monoisotopic (exact) mass is 248 g/mol. The fourth-order valence-electron chi connectivity index (χ4n) is 0.876. The molecule has 1 atom stereocenters. The molecule has 0 bridgehead atoms. The lowest BCUT2D eigenvalue weighted by Gasteiger charge is -2.08. The van der Waals surface area contributed by atoms with Gasteiger partial charge in [0.1, 0.15) is 0 Å². The lowest BCUT2D eigenvalue weighted by Crippen LogP contribution is -2.05. The molecule has 4 heteroatoms. The fourth-order valence-corrected chi connectivity index (χ4v) is 2.48. The van der Waals surface area contributed by atoms with Crippen molar-refractivity contribution in [3.05, 3.63) is 28.7 Å². The third-order valence-electron chi connectivity index (χ3n) is 1.64. The van der Waals surface area contributed by atoms with Gasteiger partial charge >= 0.3 is 0 Å². The van der Waals surface area contributed by atoms with E-state index in [1.807, 2.05) is 6.07 Å². The van der Waals surface area contributed by atoms with Crippen molar-refractivity contribution in [2.75, 3.05) is 6.16 Å². The highest BCUT2D eigenvalue weighted by Crippen LogP contribution is 2.38. The molecule has 1 rings (SSSR count). The molecular weight excluding hydrogens is 239 g/mol. The normalized spacial score (nSPS) is 15.6. The van der Waals surface area contributed by atoms with E-state index in [0.717, 1.165) is 4.47 Å². The predicted molar refractivity (Wildman–Crippen MR) is 54.1 cm³/mol. The van der Waals surface area contributed by atoms with E-state index in [1.165, 1.54) is 0 Å². The molecule has 0 saturated carbocycles. The number of benzene rings is 1. The van der Waals surface area contributed by atoms with Gasteiger partial charge in [-0.2, -0.15) is 0 Å². The summed E-state index contributed by atoms with van der Waals surface area (Å²) in [5.41, 5.74) is 0. The van der Waals surface area contributed by atoms with Crippen molar-refractivity contribution >= 4 is 28.6 Å². The van der Waals surface area contributed by atoms with Gasteiger partial charge in [-0.25, -0.2) is 0 Å². The minimum absolute atomic E-state index is 0.281. The minimum atomic E-state index is -3.08. The van der Waals surface area contributed by atoms with Gasteiger partial charge in [0.2, 0.25) is 7.37 Å². The van der Waals surface area contributed by atoms with E-state index in [1.54, 1.807) is 25.1 Å². The Kier molecular flexibility index (Phi) is 3.10. The van der Waals surface area contributed by atoms with Crippen LogP contribution in [-0.2, 0) is 4.57 Å². The van der Waals surface area contributed by atoms with Crippen molar-refractivity contribution in [1.82, 2.24) is 0 Å². The van der Waals surface area contributed by atoms with Crippen LogP contribution in [-0.4, -0.2) is 11.1 Å². The molecule has 0 saturated heterocycles. The maximum Gasteiger partial charge on any atom is 0.229 e. The van der Waals surface area contributed by atoms with E-state index in [4.69, 9.17) is 0 Å². The second-order valence-electron chi connectivity index (χ2n) is 2.50. The van der Waals surface area contributed by atoms with E-state index >= 15 is 0 Å². The van der Waals surface area contributed by atoms with Crippen molar-refractivity contribution in [2.45, 2.75) is 6.92 Å².